The van der Waals surface area contributed by atoms with E-state index in [0.29, 0.717) is 12.5 Å². The number of aromatic nitrogens is 2. The Balaban J connectivity index is 1.90. The lowest BCUT2D eigenvalue weighted by Crippen LogP contribution is -2.42. The summed E-state index contributed by atoms with van der Waals surface area (Å²) in [5.41, 5.74) is 1.12. The Hall–Kier alpha value is -1.49. The molecule has 1 saturated heterocycles. The zero-order chi connectivity index (χ0) is 13.8. The second kappa shape index (κ2) is 6.10. The van der Waals surface area contributed by atoms with Gasteiger partial charge in [0, 0.05) is 30.9 Å². The van der Waals surface area contributed by atoms with Crippen molar-refractivity contribution in [1.29, 1.82) is 0 Å². The summed E-state index contributed by atoms with van der Waals surface area (Å²) in [6.07, 6.45) is 3.81. The maximum atomic E-state index is 12.0. The summed E-state index contributed by atoms with van der Waals surface area (Å²) in [6, 6.07) is 2.00. The standard InChI is InChI=1S/C14H22N4O/c1-11-15-7-4-13(16-11)12-5-8-18(9-6-12)14(19)10-17(2)3/h4,7,12H,5-6,8-10H2,1-3H3. The van der Waals surface area contributed by atoms with Crippen LogP contribution >= 0.6 is 0 Å². The van der Waals surface area contributed by atoms with Gasteiger partial charge in [-0.2, -0.15) is 0 Å². The van der Waals surface area contributed by atoms with E-state index in [4.69, 9.17) is 0 Å². The summed E-state index contributed by atoms with van der Waals surface area (Å²) in [4.78, 5) is 24.5. The van der Waals surface area contributed by atoms with Crippen molar-refractivity contribution >= 4 is 5.91 Å². The average Bonchev–Trinajstić information content (AvgIpc) is 2.38. The highest BCUT2D eigenvalue weighted by Gasteiger charge is 2.24. The molecule has 5 heteroatoms. The van der Waals surface area contributed by atoms with E-state index in [9.17, 15) is 4.79 Å². The van der Waals surface area contributed by atoms with Crippen LogP contribution < -0.4 is 0 Å². The lowest BCUT2D eigenvalue weighted by atomic mass is 9.93. The van der Waals surface area contributed by atoms with Crippen LogP contribution in [0.4, 0.5) is 0 Å². The molecule has 0 spiro atoms. The maximum Gasteiger partial charge on any atom is 0.236 e. The van der Waals surface area contributed by atoms with Crippen LogP contribution in [-0.2, 0) is 4.79 Å². The van der Waals surface area contributed by atoms with Gasteiger partial charge in [-0.05, 0) is 39.9 Å². The van der Waals surface area contributed by atoms with E-state index in [1.165, 1.54) is 0 Å². The second-order valence-electron chi connectivity index (χ2n) is 5.42. The Kier molecular flexibility index (Phi) is 4.47. The van der Waals surface area contributed by atoms with Crippen molar-refractivity contribution in [2.24, 2.45) is 0 Å². The van der Waals surface area contributed by atoms with E-state index >= 15 is 0 Å². The van der Waals surface area contributed by atoms with Gasteiger partial charge in [0.15, 0.2) is 0 Å². The first-order valence-electron chi connectivity index (χ1n) is 6.78. The Morgan fingerprint density at radius 3 is 2.68 bits per heavy atom. The van der Waals surface area contributed by atoms with Crippen molar-refractivity contribution in [1.82, 2.24) is 19.8 Å². The lowest BCUT2D eigenvalue weighted by Gasteiger charge is -2.32. The lowest BCUT2D eigenvalue weighted by molar-refractivity contribution is -0.132. The van der Waals surface area contributed by atoms with E-state index in [0.717, 1.165) is 37.4 Å². The minimum Gasteiger partial charge on any atom is -0.342 e. The van der Waals surface area contributed by atoms with Crippen molar-refractivity contribution in [2.45, 2.75) is 25.7 Å². The molecule has 0 aromatic carbocycles. The van der Waals surface area contributed by atoms with Gasteiger partial charge in [-0.25, -0.2) is 9.97 Å². The van der Waals surface area contributed by atoms with E-state index < -0.39 is 0 Å². The molecule has 1 aliphatic heterocycles. The van der Waals surface area contributed by atoms with Gasteiger partial charge in [-0.1, -0.05) is 0 Å². The summed E-state index contributed by atoms with van der Waals surface area (Å²) >= 11 is 0. The van der Waals surface area contributed by atoms with Crippen LogP contribution in [0.15, 0.2) is 12.3 Å². The Morgan fingerprint density at radius 2 is 2.11 bits per heavy atom. The molecular weight excluding hydrogens is 240 g/mol. The van der Waals surface area contributed by atoms with Gasteiger partial charge in [0.05, 0.1) is 6.54 Å². The Bertz CT molecular complexity index is 439. The third-order valence-corrected chi connectivity index (χ3v) is 3.51. The normalized spacial score (nSPS) is 16.9. The monoisotopic (exact) mass is 262 g/mol. The molecule has 2 heterocycles. The van der Waals surface area contributed by atoms with Crippen LogP contribution in [0.25, 0.3) is 0 Å². The van der Waals surface area contributed by atoms with E-state index in [-0.39, 0.29) is 5.91 Å². The quantitative estimate of drug-likeness (QED) is 0.817. The summed E-state index contributed by atoms with van der Waals surface area (Å²) < 4.78 is 0. The number of carbonyl (C=O) groups excluding carboxylic acids is 1. The van der Waals surface area contributed by atoms with Gasteiger partial charge >= 0.3 is 0 Å². The van der Waals surface area contributed by atoms with E-state index in [1.807, 2.05) is 43.1 Å². The van der Waals surface area contributed by atoms with E-state index in [2.05, 4.69) is 9.97 Å². The van der Waals surface area contributed by atoms with Crippen molar-refractivity contribution < 1.29 is 4.79 Å². The predicted molar refractivity (Wildman–Crippen MR) is 73.9 cm³/mol. The third-order valence-electron chi connectivity index (χ3n) is 3.51. The van der Waals surface area contributed by atoms with Gasteiger partial charge in [-0.3, -0.25) is 4.79 Å². The molecule has 1 amide bonds. The maximum absolute atomic E-state index is 12.0. The summed E-state index contributed by atoms with van der Waals surface area (Å²) in [6.45, 7) is 4.08. The van der Waals surface area contributed by atoms with Gasteiger partial charge in [0.25, 0.3) is 0 Å². The number of aryl methyl sites for hydroxylation is 1. The van der Waals surface area contributed by atoms with Crippen molar-refractivity contribution in [3.63, 3.8) is 0 Å². The van der Waals surface area contributed by atoms with E-state index in [1.54, 1.807) is 0 Å². The first-order valence-corrected chi connectivity index (χ1v) is 6.78. The summed E-state index contributed by atoms with van der Waals surface area (Å²) in [5, 5.41) is 0. The highest BCUT2D eigenvalue weighted by molar-refractivity contribution is 5.78. The van der Waals surface area contributed by atoms with Gasteiger partial charge in [-0.15, -0.1) is 0 Å². The fraction of sp³-hybridized carbons (Fsp3) is 0.643. The minimum atomic E-state index is 0.224. The van der Waals surface area contributed by atoms with Crippen LogP contribution in [0.3, 0.4) is 0 Å². The van der Waals surface area contributed by atoms with Crippen LogP contribution in [0.2, 0.25) is 0 Å². The van der Waals surface area contributed by atoms with Gasteiger partial charge in [0.1, 0.15) is 5.82 Å². The summed E-state index contributed by atoms with van der Waals surface area (Å²) in [7, 11) is 3.85. The Morgan fingerprint density at radius 1 is 1.42 bits per heavy atom. The molecule has 0 atom stereocenters. The number of nitrogens with zero attached hydrogens (tertiary/aromatic N) is 4. The molecule has 0 aliphatic carbocycles. The molecule has 1 aromatic rings. The van der Waals surface area contributed by atoms with Gasteiger partial charge in [0.2, 0.25) is 5.91 Å². The molecule has 2 rings (SSSR count). The fourth-order valence-electron chi connectivity index (χ4n) is 2.50. The largest absolute Gasteiger partial charge is 0.342 e. The molecule has 0 radical (unpaired) electrons. The number of likely N-dealkylation sites (N-methyl/N-ethyl adjacent to an activating group) is 1. The number of hydrogen-bond donors (Lipinski definition) is 0. The topological polar surface area (TPSA) is 49.3 Å². The molecule has 1 fully saturated rings. The third kappa shape index (κ3) is 3.73. The van der Waals surface area contributed by atoms with Crippen molar-refractivity contribution in [3.05, 3.63) is 23.8 Å². The predicted octanol–water partition coefficient (Wildman–Crippen LogP) is 1.05. The molecule has 1 aliphatic rings. The highest BCUT2D eigenvalue weighted by atomic mass is 16.2. The van der Waals surface area contributed by atoms with Crippen molar-refractivity contribution in [3.8, 4) is 0 Å². The first kappa shape index (κ1) is 13.9. The first-order chi connectivity index (χ1) is 9.06. The smallest absolute Gasteiger partial charge is 0.236 e. The SMILES string of the molecule is Cc1nccc(C2CCN(C(=O)CN(C)C)CC2)n1. The molecule has 0 bridgehead atoms. The molecule has 19 heavy (non-hydrogen) atoms. The number of rotatable bonds is 3. The van der Waals surface area contributed by atoms with Crippen LogP contribution in [0.1, 0.15) is 30.3 Å². The fourth-order valence-corrected chi connectivity index (χ4v) is 2.50. The molecule has 0 N–H and O–H groups in total. The number of hydrogen-bond acceptors (Lipinski definition) is 4. The molecular formula is C14H22N4O. The number of amides is 1. The van der Waals surface area contributed by atoms with Crippen molar-refractivity contribution in [2.75, 3.05) is 33.7 Å². The zero-order valence-corrected chi connectivity index (χ0v) is 12.0. The number of carbonyl (C=O) groups is 1. The molecule has 1 aromatic heterocycles. The highest BCUT2D eigenvalue weighted by Crippen LogP contribution is 2.26. The molecule has 0 saturated carbocycles. The molecule has 0 unspecified atom stereocenters. The van der Waals surface area contributed by atoms with Crippen LogP contribution in [0.5, 0.6) is 0 Å². The van der Waals surface area contributed by atoms with Crippen LogP contribution in [-0.4, -0.2) is 59.4 Å². The molecule has 5 nitrogen and oxygen atoms in total. The second-order valence-corrected chi connectivity index (χ2v) is 5.42. The van der Waals surface area contributed by atoms with Gasteiger partial charge < -0.3 is 9.80 Å². The molecule has 104 valence electrons. The summed E-state index contributed by atoms with van der Waals surface area (Å²) in [5.74, 6) is 1.51. The zero-order valence-electron chi connectivity index (χ0n) is 12.0. The minimum absolute atomic E-state index is 0.224. The Labute approximate surface area is 114 Å². The number of likely N-dealkylation sites (tertiary alicyclic amines) is 1. The van der Waals surface area contributed by atoms with Crippen LogP contribution in [0, 0.1) is 6.92 Å². The number of piperidine rings is 1. The average molecular weight is 262 g/mol.